The maximum Gasteiger partial charge on any atom is 0.417 e. The van der Waals surface area contributed by atoms with E-state index in [1.807, 2.05) is 19.0 Å². The molecule has 29 heavy (non-hydrogen) atoms. The van der Waals surface area contributed by atoms with Crippen LogP contribution in [-0.2, 0) is 6.18 Å². The highest BCUT2D eigenvalue weighted by atomic mass is 19.4. The number of benzene rings is 1. The third-order valence-corrected chi connectivity index (χ3v) is 4.44. The van der Waals surface area contributed by atoms with Gasteiger partial charge in [-0.05, 0) is 46.1 Å². The number of carbonyl (C=O) groups is 1. The average molecular weight is 406 g/mol. The summed E-state index contributed by atoms with van der Waals surface area (Å²) in [5.41, 5.74) is -0.305. The zero-order chi connectivity index (χ0) is 21.2. The number of nitrogens with one attached hydrogen (secondary N) is 1. The Bertz CT molecular complexity index is 1030. The number of fused-ring (bicyclic) bond motifs is 1. The minimum Gasteiger partial charge on any atom is -0.352 e. The van der Waals surface area contributed by atoms with E-state index in [9.17, 15) is 18.0 Å². The van der Waals surface area contributed by atoms with Gasteiger partial charge in [-0.1, -0.05) is 23.4 Å². The van der Waals surface area contributed by atoms with E-state index in [-0.39, 0.29) is 22.5 Å². The molecule has 0 aliphatic carbocycles. The van der Waals surface area contributed by atoms with Crippen molar-refractivity contribution in [3.05, 3.63) is 47.2 Å². The number of aromatic nitrogens is 2. The Hall–Kier alpha value is -2.94. The molecular formula is C20H21F3N4O2. The summed E-state index contributed by atoms with van der Waals surface area (Å²) in [7, 11) is 3.86. The Labute approximate surface area is 165 Å². The van der Waals surface area contributed by atoms with Crippen LogP contribution < -0.4 is 5.32 Å². The topological polar surface area (TPSA) is 71.3 Å². The van der Waals surface area contributed by atoms with Gasteiger partial charge in [0.1, 0.15) is 0 Å². The SMILES string of the molecule is Cc1noc2nc(-c3ccccc3C(F)(F)F)cc(C(=O)NCCCN(C)C)c12. The van der Waals surface area contributed by atoms with Gasteiger partial charge in [0, 0.05) is 12.1 Å². The number of carbonyl (C=O) groups excluding carboxylic acids is 1. The van der Waals surface area contributed by atoms with Crippen LogP contribution in [0.25, 0.3) is 22.4 Å². The first-order chi connectivity index (χ1) is 13.7. The van der Waals surface area contributed by atoms with Crippen molar-refractivity contribution in [2.24, 2.45) is 0 Å². The molecule has 1 amide bonds. The standard InChI is InChI=1S/C20H21F3N4O2/c1-12-17-14(18(28)24-9-6-10-27(2)3)11-16(25-19(17)29-26-12)13-7-4-5-8-15(13)20(21,22)23/h4-5,7-8,11H,6,9-10H2,1-3H3,(H,24,28). The van der Waals surface area contributed by atoms with E-state index in [0.717, 1.165) is 19.0 Å². The Morgan fingerprint density at radius 2 is 1.97 bits per heavy atom. The summed E-state index contributed by atoms with van der Waals surface area (Å²) in [6.45, 7) is 2.88. The molecule has 6 nitrogen and oxygen atoms in total. The van der Waals surface area contributed by atoms with Crippen molar-refractivity contribution in [2.75, 3.05) is 27.2 Å². The van der Waals surface area contributed by atoms with Gasteiger partial charge in [0.05, 0.1) is 27.9 Å². The fraction of sp³-hybridized carbons (Fsp3) is 0.350. The van der Waals surface area contributed by atoms with E-state index in [2.05, 4.69) is 15.5 Å². The fourth-order valence-electron chi connectivity index (χ4n) is 3.06. The van der Waals surface area contributed by atoms with Crippen LogP contribution in [0.4, 0.5) is 13.2 Å². The lowest BCUT2D eigenvalue weighted by atomic mass is 10.0. The van der Waals surface area contributed by atoms with E-state index in [1.54, 1.807) is 6.92 Å². The summed E-state index contributed by atoms with van der Waals surface area (Å²) < 4.78 is 45.5. The smallest absolute Gasteiger partial charge is 0.352 e. The summed E-state index contributed by atoms with van der Waals surface area (Å²) in [5.74, 6) is -0.409. The Morgan fingerprint density at radius 1 is 1.24 bits per heavy atom. The van der Waals surface area contributed by atoms with Crippen LogP contribution in [0, 0.1) is 6.92 Å². The van der Waals surface area contributed by atoms with Crippen molar-refractivity contribution in [1.82, 2.24) is 20.4 Å². The summed E-state index contributed by atoms with van der Waals surface area (Å²) in [4.78, 5) is 19.0. The molecule has 3 aromatic rings. The Kier molecular flexibility index (Phi) is 5.88. The molecule has 3 rings (SSSR count). The largest absolute Gasteiger partial charge is 0.417 e. The maximum atomic E-state index is 13.4. The van der Waals surface area contributed by atoms with Gasteiger partial charge >= 0.3 is 6.18 Å². The molecule has 0 aliphatic heterocycles. The molecule has 154 valence electrons. The van der Waals surface area contributed by atoms with E-state index in [1.165, 1.54) is 24.3 Å². The number of aryl methyl sites for hydroxylation is 1. The number of hydrogen-bond donors (Lipinski definition) is 1. The predicted molar refractivity (Wildman–Crippen MR) is 102 cm³/mol. The molecule has 9 heteroatoms. The Balaban J connectivity index is 2.03. The van der Waals surface area contributed by atoms with Crippen LogP contribution in [0.2, 0.25) is 0 Å². The van der Waals surface area contributed by atoms with Crippen molar-refractivity contribution in [1.29, 1.82) is 0 Å². The number of amides is 1. The van der Waals surface area contributed by atoms with E-state index in [4.69, 9.17) is 4.52 Å². The van der Waals surface area contributed by atoms with Gasteiger partial charge in [-0.3, -0.25) is 4.79 Å². The molecule has 0 unspecified atom stereocenters. The summed E-state index contributed by atoms with van der Waals surface area (Å²) in [6, 6.07) is 6.45. The molecule has 1 N–H and O–H groups in total. The lowest BCUT2D eigenvalue weighted by molar-refractivity contribution is -0.137. The zero-order valence-corrected chi connectivity index (χ0v) is 16.3. The maximum absolute atomic E-state index is 13.4. The van der Waals surface area contributed by atoms with Crippen LogP contribution >= 0.6 is 0 Å². The van der Waals surface area contributed by atoms with Gasteiger partial charge in [0.25, 0.3) is 11.6 Å². The molecule has 2 heterocycles. The first-order valence-corrected chi connectivity index (χ1v) is 9.05. The van der Waals surface area contributed by atoms with Crippen LogP contribution in [0.15, 0.2) is 34.9 Å². The van der Waals surface area contributed by atoms with Crippen LogP contribution in [0.1, 0.15) is 28.0 Å². The van der Waals surface area contributed by atoms with Gasteiger partial charge in [0.15, 0.2) is 0 Å². The third kappa shape index (κ3) is 4.56. The monoisotopic (exact) mass is 406 g/mol. The van der Waals surface area contributed by atoms with Crippen molar-refractivity contribution < 1.29 is 22.5 Å². The van der Waals surface area contributed by atoms with E-state index in [0.29, 0.717) is 17.6 Å². The average Bonchev–Trinajstić information content (AvgIpc) is 3.04. The van der Waals surface area contributed by atoms with Gasteiger partial charge in [-0.15, -0.1) is 0 Å². The van der Waals surface area contributed by atoms with Crippen molar-refractivity contribution in [3.63, 3.8) is 0 Å². The molecule has 0 bridgehead atoms. The number of alkyl halides is 3. The molecular weight excluding hydrogens is 385 g/mol. The lowest BCUT2D eigenvalue weighted by Crippen LogP contribution is -2.27. The predicted octanol–water partition coefficient (Wildman–Crippen LogP) is 3.90. The molecule has 0 radical (unpaired) electrons. The second-order valence-corrected chi connectivity index (χ2v) is 6.96. The Morgan fingerprint density at radius 3 is 2.66 bits per heavy atom. The molecule has 1 aromatic carbocycles. The second kappa shape index (κ2) is 8.20. The second-order valence-electron chi connectivity index (χ2n) is 6.96. The normalized spacial score (nSPS) is 12.0. The van der Waals surface area contributed by atoms with Crippen molar-refractivity contribution >= 4 is 17.0 Å². The quantitative estimate of drug-likeness (QED) is 0.629. The van der Waals surface area contributed by atoms with Crippen molar-refractivity contribution in [3.8, 4) is 11.3 Å². The molecule has 0 spiro atoms. The summed E-state index contributed by atoms with van der Waals surface area (Å²) in [6.07, 6.45) is -3.82. The number of pyridine rings is 1. The van der Waals surface area contributed by atoms with Crippen LogP contribution in [0.3, 0.4) is 0 Å². The minimum atomic E-state index is -4.56. The first-order valence-electron chi connectivity index (χ1n) is 9.05. The molecule has 2 aromatic heterocycles. The van der Waals surface area contributed by atoms with Crippen molar-refractivity contribution in [2.45, 2.75) is 19.5 Å². The highest BCUT2D eigenvalue weighted by Crippen LogP contribution is 2.37. The molecule has 0 saturated carbocycles. The number of rotatable bonds is 6. The number of halogens is 3. The summed E-state index contributed by atoms with van der Waals surface area (Å²) in [5, 5.41) is 7.01. The van der Waals surface area contributed by atoms with Crippen LogP contribution in [-0.4, -0.2) is 48.1 Å². The van der Waals surface area contributed by atoms with Crippen LogP contribution in [0.5, 0.6) is 0 Å². The third-order valence-electron chi connectivity index (χ3n) is 4.44. The zero-order valence-electron chi connectivity index (χ0n) is 16.3. The van der Waals surface area contributed by atoms with E-state index >= 15 is 0 Å². The highest BCUT2D eigenvalue weighted by molar-refractivity contribution is 6.07. The van der Waals surface area contributed by atoms with Gasteiger partial charge in [0.2, 0.25) is 0 Å². The molecule has 0 atom stereocenters. The van der Waals surface area contributed by atoms with E-state index < -0.39 is 17.6 Å². The van der Waals surface area contributed by atoms with Gasteiger partial charge in [-0.25, -0.2) is 4.98 Å². The minimum absolute atomic E-state index is 0.0000153. The molecule has 0 aliphatic rings. The molecule has 0 saturated heterocycles. The number of hydrogen-bond acceptors (Lipinski definition) is 5. The van der Waals surface area contributed by atoms with Gasteiger partial charge in [-0.2, -0.15) is 13.2 Å². The fourth-order valence-corrected chi connectivity index (χ4v) is 3.06. The molecule has 0 fully saturated rings. The lowest BCUT2D eigenvalue weighted by Gasteiger charge is -2.13. The number of nitrogens with zero attached hydrogens (tertiary/aromatic N) is 3. The highest BCUT2D eigenvalue weighted by Gasteiger charge is 2.34. The first kappa shape index (κ1) is 20.8. The van der Waals surface area contributed by atoms with Gasteiger partial charge < -0.3 is 14.7 Å². The summed E-state index contributed by atoms with van der Waals surface area (Å²) >= 11 is 0.